The summed E-state index contributed by atoms with van der Waals surface area (Å²) in [6, 6.07) is 4.98. The van der Waals surface area contributed by atoms with E-state index < -0.39 is 0 Å². The molecule has 0 saturated carbocycles. The molecule has 1 aromatic carbocycles. The molecule has 2 nitrogen and oxygen atoms in total. The van der Waals surface area contributed by atoms with Crippen LogP contribution in [-0.2, 0) is 19.4 Å². The third-order valence-corrected chi connectivity index (χ3v) is 4.63. The minimum atomic E-state index is -0.307. The van der Waals surface area contributed by atoms with Crippen LogP contribution in [0, 0.1) is 5.82 Å². The number of hydrogen-bond acceptors (Lipinski definition) is 3. The van der Waals surface area contributed by atoms with Crippen LogP contribution in [0.3, 0.4) is 0 Å². The average molecular weight is 327 g/mol. The maximum atomic E-state index is 13.1. The molecule has 0 fully saturated rings. The van der Waals surface area contributed by atoms with Gasteiger partial charge in [-0.25, -0.2) is 9.37 Å². The summed E-state index contributed by atoms with van der Waals surface area (Å²) in [5.74, 6) is -0.307. The topological polar surface area (TPSA) is 24.9 Å². The molecule has 1 aromatic heterocycles. The molecule has 5 heteroatoms. The van der Waals surface area contributed by atoms with E-state index in [1.807, 2.05) is 0 Å². The van der Waals surface area contributed by atoms with E-state index in [9.17, 15) is 4.39 Å². The predicted octanol–water partition coefficient (Wildman–Crippen LogP) is 4.59. The second kappa shape index (κ2) is 7.34. The molecule has 0 spiro atoms. The first-order chi connectivity index (χ1) is 9.99. The Hall–Kier alpha value is -0.970. The van der Waals surface area contributed by atoms with E-state index in [1.165, 1.54) is 17.0 Å². The van der Waals surface area contributed by atoms with Crippen molar-refractivity contribution in [3.8, 4) is 0 Å². The van der Waals surface area contributed by atoms with E-state index in [2.05, 4.69) is 26.1 Å². The lowest BCUT2D eigenvalue weighted by atomic mass is 10.1. The van der Waals surface area contributed by atoms with Crippen LogP contribution in [0.1, 0.15) is 41.9 Å². The van der Waals surface area contributed by atoms with E-state index in [0.29, 0.717) is 17.5 Å². The summed E-state index contributed by atoms with van der Waals surface area (Å²) in [5, 5.41) is 4.92. The molecular formula is C16H20ClFN2S. The summed E-state index contributed by atoms with van der Waals surface area (Å²) in [7, 11) is 0. The minimum Gasteiger partial charge on any atom is -0.310 e. The third kappa shape index (κ3) is 4.50. The molecule has 2 aromatic rings. The van der Waals surface area contributed by atoms with Crippen molar-refractivity contribution in [2.45, 2.75) is 46.2 Å². The van der Waals surface area contributed by atoms with Crippen molar-refractivity contribution in [1.29, 1.82) is 0 Å². The van der Waals surface area contributed by atoms with Crippen LogP contribution in [0.4, 0.5) is 4.39 Å². The fourth-order valence-electron chi connectivity index (χ4n) is 2.05. The predicted molar refractivity (Wildman–Crippen MR) is 87.7 cm³/mol. The Labute approximate surface area is 134 Å². The number of aryl methyl sites for hydroxylation is 1. The maximum absolute atomic E-state index is 13.1. The van der Waals surface area contributed by atoms with Crippen molar-refractivity contribution < 1.29 is 4.39 Å². The van der Waals surface area contributed by atoms with Crippen LogP contribution in [0.2, 0.25) is 5.02 Å². The minimum absolute atomic E-state index is 0.307. The lowest BCUT2D eigenvalue weighted by Crippen LogP contribution is -2.21. The smallest absolute Gasteiger partial charge is 0.124 e. The molecule has 0 unspecified atom stereocenters. The number of halogens is 2. The van der Waals surface area contributed by atoms with Crippen LogP contribution < -0.4 is 5.32 Å². The second-order valence-corrected chi connectivity index (χ2v) is 6.85. The molecule has 114 valence electrons. The van der Waals surface area contributed by atoms with Crippen molar-refractivity contribution in [2.75, 3.05) is 0 Å². The number of nitrogens with one attached hydrogen (secondary N) is 1. The monoisotopic (exact) mass is 326 g/mol. The van der Waals surface area contributed by atoms with Gasteiger partial charge in [0.1, 0.15) is 5.82 Å². The zero-order valence-electron chi connectivity index (χ0n) is 12.5. The van der Waals surface area contributed by atoms with Crippen LogP contribution in [-0.4, -0.2) is 11.0 Å². The van der Waals surface area contributed by atoms with Crippen molar-refractivity contribution >= 4 is 22.9 Å². The van der Waals surface area contributed by atoms with Crippen LogP contribution in [0.15, 0.2) is 18.2 Å². The molecule has 0 aliphatic heterocycles. The molecule has 0 amide bonds. The van der Waals surface area contributed by atoms with Crippen molar-refractivity contribution in [3.05, 3.63) is 50.2 Å². The third-order valence-electron chi connectivity index (χ3n) is 3.19. The highest BCUT2D eigenvalue weighted by molar-refractivity contribution is 7.11. The van der Waals surface area contributed by atoms with Gasteiger partial charge in [0, 0.05) is 28.9 Å². The number of aromatic nitrogens is 1. The summed E-state index contributed by atoms with van der Waals surface area (Å²) in [4.78, 5) is 5.97. The largest absolute Gasteiger partial charge is 0.310 e. The number of thiazole rings is 1. The van der Waals surface area contributed by atoms with Gasteiger partial charge in [0.2, 0.25) is 0 Å². The fourth-order valence-corrected chi connectivity index (χ4v) is 3.42. The number of rotatable bonds is 6. The van der Waals surface area contributed by atoms with Crippen LogP contribution in [0.25, 0.3) is 0 Å². The highest BCUT2D eigenvalue weighted by Crippen LogP contribution is 2.25. The van der Waals surface area contributed by atoms with Crippen molar-refractivity contribution in [1.82, 2.24) is 10.3 Å². The molecule has 0 bridgehead atoms. The molecule has 2 rings (SSSR count). The van der Waals surface area contributed by atoms with Gasteiger partial charge in [0.15, 0.2) is 0 Å². The molecule has 21 heavy (non-hydrogen) atoms. The maximum Gasteiger partial charge on any atom is 0.124 e. The summed E-state index contributed by atoms with van der Waals surface area (Å²) >= 11 is 7.79. The van der Waals surface area contributed by atoms with E-state index in [1.54, 1.807) is 17.4 Å². The lowest BCUT2D eigenvalue weighted by molar-refractivity contribution is 0.590. The zero-order chi connectivity index (χ0) is 15.4. The molecule has 0 aliphatic rings. The molecule has 1 N–H and O–H groups in total. The Balaban J connectivity index is 2.16. The summed E-state index contributed by atoms with van der Waals surface area (Å²) in [5.41, 5.74) is 2.05. The van der Waals surface area contributed by atoms with E-state index in [0.717, 1.165) is 29.2 Å². The summed E-state index contributed by atoms with van der Waals surface area (Å²) in [6.45, 7) is 7.22. The first-order valence-corrected chi connectivity index (χ1v) is 8.33. The normalized spacial score (nSPS) is 11.3. The van der Waals surface area contributed by atoms with E-state index >= 15 is 0 Å². The quantitative estimate of drug-likeness (QED) is 0.840. The average Bonchev–Trinajstić information content (AvgIpc) is 2.82. The number of nitrogens with zero attached hydrogens (tertiary/aromatic N) is 1. The molecule has 0 atom stereocenters. The lowest BCUT2D eigenvalue weighted by Gasteiger charge is -2.06. The summed E-state index contributed by atoms with van der Waals surface area (Å²) in [6.07, 6.45) is 1.57. The van der Waals surface area contributed by atoms with E-state index in [4.69, 9.17) is 16.6 Å². The van der Waals surface area contributed by atoms with E-state index in [-0.39, 0.29) is 5.82 Å². The molecule has 0 saturated heterocycles. The Bertz CT molecular complexity index is 610. The number of benzene rings is 1. The first-order valence-electron chi connectivity index (χ1n) is 7.14. The van der Waals surface area contributed by atoms with Crippen molar-refractivity contribution in [3.63, 3.8) is 0 Å². The molecule has 0 radical (unpaired) electrons. The zero-order valence-corrected chi connectivity index (χ0v) is 14.1. The van der Waals surface area contributed by atoms with Gasteiger partial charge in [-0.15, -0.1) is 11.3 Å². The first kappa shape index (κ1) is 16.4. The fraction of sp³-hybridized carbons (Fsp3) is 0.438. The van der Waals surface area contributed by atoms with Crippen LogP contribution in [0.5, 0.6) is 0 Å². The van der Waals surface area contributed by atoms with Gasteiger partial charge in [-0.05, 0) is 24.1 Å². The van der Waals surface area contributed by atoms with Gasteiger partial charge in [0.25, 0.3) is 0 Å². The van der Waals surface area contributed by atoms with Gasteiger partial charge in [-0.3, -0.25) is 0 Å². The van der Waals surface area contributed by atoms with Gasteiger partial charge in [0.05, 0.1) is 10.7 Å². The Morgan fingerprint density at radius 1 is 1.38 bits per heavy atom. The molecule has 1 heterocycles. The SMILES string of the molecule is CCc1nc(Cc2ccc(F)cc2Cl)sc1CNC(C)C. The van der Waals surface area contributed by atoms with Crippen LogP contribution >= 0.6 is 22.9 Å². The molecular weight excluding hydrogens is 307 g/mol. The standard InChI is InChI=1S/C16H20ClFN2S/c1-4-14-15(9-19-10(2)3)21-16(20-14)7-11-5-6-12(18)8-13(11)17/h5-6,8,10,19H,4,7,9H2,1-3H3. The Morgan fingerprint density at radius 2 is 2.14 bits per heavy atom. The Morgan fingerprint density at radius 3 is 2.76 bits per heavy atom. The van der Waals surface area contributed by atoms with Gasteiger partial charge >= 0.3 is 0 Å². The summed E-state index contributed by atoms with van der Waals surface area (Å²) < 4.78 is 13.1. The van der Waals surface area contributed by atoms with Gasteiger partial charge in [-0.2, -0.15) is 0 Å². The Kier molecular flexibility index (Phi) is 5.73. The van der Waals surface area contributed by atoms with Gasteiger partial charge < -0.3 is 5.32 Å². The second-order valence-electron chi connectivity index (χ2n) is 5.28. The highest BCUT2D eigenvalue weighted by Gasteiger charge is 2.12. The number of hydrogen-bond donors (Lipinski definition) is 1. The molecule has 0 aliphatic carbocycles. The highest BCUT2D eigenvalue weighted by atomic mass is 35.5. The van der Waals surface area contributed by atoms with Crippen molar-refractivity contribution in [2.24, 2.45) is 0 Å². The van der Waals surface area contributed by atoms with Gasteiger partial charge in [-0.1, -0.05) is 38.4 Å².